The molecule has 302 valence electrons. The summed E-state index contributed by atoms with van der Waals surface area (Å²) in [7, 11) is 0. The Kier molecular flexibility index (Phi) is 11.6. The monoisotopic (exact) mass is 787 g/mol. The number of hydrogen-bond donors (Lipinski definition) is 3. The molecule has 4 aliphatic rings. The highest BCUT2D eigenvalue weighted by Crippen LogP contribution is 2.43. The van der Waals surface area contributed by atoms with Crippen LogP contribution in [0.15, 0.2) is 109 Å². The molecule has 5 atom stereocenters. The standard InChI is InChI=1S/C45H49N5O8/c1-30-38(26-48-22-20-45(21-23-48)43(54)46-29-50(45)36-10-6-3-7-11-36)57-42(58-40(30)34-16-14-32(27-51)15-17-34)35-18-12-31(13-19-35)25-49-39(52)24-37(41(49)53)47-44(55)56-28-33-8-4-2-5-9-33/h2-19,30,37-38,40,42,51H,20-29H2,1H3,(H,46,54)(H,47,55)/t30-,37?,38+,40+,42+/m1/s1. The molecule has 1 unspecified atom stereocenters. The molecular weight excluding hydrogens is 739 g/mol. The first-order valence-corrected chi connectivity index (χ1v) is 19.9. The van der Waals surface area contributed by atoms with Gasteiger partial charge in [0.15, 0.2) is 6.29 Å². The van der Waals surface area contributed by atoms with E-state index in [2.05, 4.69) is 39.5 Å². The van der Waals surface area contributed by atoms with Crippen LogP contribution in [-0.2, 0) is 48.4 Å². The van der Waals surface area contributed by atoms with Crippen molar-refractivity contribution in [2.45, 2.75) is 76.0 Å². The smallest absolute Gasteiger partial charge is 0.408 e. The molecule has 4 heterocycles. The zero-order valence-electron chi connectivity index (χ0n) is 32.5. The van der Waals surface area contributed by atoms with Crippen molar-refractivity contribution in [2.24, 2.45) is 5.92 Å². The average Bonchev–Trinajstić information content (AvgIpc) is 3.71. The number of rotatable bonds is 11. The number of carbonyl (C=O) groups excluding carboxylic acids is 4. The summed E-state index contributed by atoms with van der Waals surface area (Å²) in [5, 5.41) is 15.3. The fourth-order valence-electron chi connectivity index (χ4n) is 8.55. The minimum Gasteiger partial charge on any atom is -0.445 e. The summed E-state index contributed by atoms with van der Waals surface area (Å²) < 4.78 is 18.7. The summed E-state index contributed by atoms with van der Waals surface area (Å²) >= 11 is 0. The van der Waals surface area contributed by atoms with Gasteiger partial charge in [-0.2, -0.15) is 0 Å². The molecule has 4 aromatic rings. The third-order valence-electron chi connectivity index (χ3n) is 12.0. The molecule has 58 heavy (non-hydrogen) atoms. The molecule has 4 saturated heterocycles. The molecule has 13 nitrogen and oxygen atoms in total. The number of carbonyl (C=O) groups is 4. The summed E-state index contributed by atoms with van der Waals surface area (Å²) in [4.78, 5) is 57.6. The molecule has 4 aliphatic heterocycles. The maximum Gasteiger partial charge on any atom is 0.408 e. The van der Waals surface area contributed by atoms with Gasteiger partial charge in [0.2, 0.25) is 11.8 Å². The lowest BCUT2D eigenvalue weighted by Gasteiger charge is -2.46. The van der Waals surface area contributed by atoms with Gasteiger partial charge in [-0.25, -0.2) is 4.79 Å². The number of nitrogens with zero attached hydrogens (tertiary/aromatic N) is 3. The predicted octanol–water partition coefficient (Wildman–Crippen LogP) is 4.95. The van der Waals surface area contributed by atoms with Gasteiger partial charge in [0.05, 0.1) is 38.4 Å². The first-order chi connectivity index (χ1) is 28.2. The Balaban J connectivity index is 0.927. The molecule has 0 saturated carbocycles. The molecule has 4 amide bonds. The second-order valence-electron chi connectivity index (χ2n) is 15.6. The zero-order chi connectivity index (χ0) is 40.2. The summed E-state index contributed by atoms with van der Waals surface area (Å²) in [6, 6.07) is 33.6. The number of para-hydroxylation sites is 1. The Morgan fingerprint density at radius 3 is 2.19 bits per heavy atom. The number of aliphatic hydroxyl groups is 1. The molecule has 4 fully saturated rings. The predicted molar refractivity (Wildman–Crippen MR) is 213 cm³/mol. The van der Waals surface area contributed by atoms with Gasteiger partial charge in [0.1, 0.15) is 18.2 Å². The lowest BCUT2D eigenvalue weighted by Crippen LogP contribution is -2.57. The van der Waals surface area contributed by atoms with E-state index in [1.165, 1.54) is 0 Å². The number of aliphatic hydroxyl groups excluding tert-OH is 1. The lowest BCUT2D eigenvalue weighted by molar-refractivity contribution is -0.276. The number of imide groups is 1. The fourth-order valence-corrected chi connectivity index (χ4v) is 8.55. The van der Waals surface area contributed by atoms with Crippen LogP contribution in [0.4, 0.5) is 10.5 Å². The van der Waals surface area contributed by atoms with Crippen molar-refractivity contribution < 1.29 is 38.5 Å². The molecule has 0 radical (unpaired) electrons. The van der Waals surface area contributed by atoms with Crippen LogP contribution in [-0.4, -0.2) is 82.7 Å². The molecule has 1 spiro atoms. The van der Waals surface area contributed by atoms with Gasteiger partial charge in [-0.1, -0.05) is 104 Å². The van der Waals surface area contributed by atoms with Crippen molar-refractivity contribution in [1.82, 2.24) is 20.4 Å². The molecule has 8 rings (SSSR count). The fraction of sp³-hybridized carbons (Fsp3) is 0.378. The maximum atomic E-state index is 13.3. The Morgan fingerprint density at radius 1 is 0.845 bits per heavy atom. The first-order valence-electron chi connectivity index (χ1n) is 19.9. The van der Waals surface area contributed by atoms with Crippen molar-refractivity contribution in [1.29, 1.82) is 0 Å². The third kappa shape index (κ3) is 8.21. The molecular formula is C45H49N5O8. The van der Waals surface area contributed by atoms with Crippen molar-refractivity contribution in [3.8, 4) is 0 Å². The van der Waals surface area contributed by atoms with Crippen LogP contribution in [0.3, 0.4) is 0 Å². The van der Waals surface area contributed by atoms with E-state index in [4.69, 9.17) is 14.2 Å². The van der Waals surface area contributed by atoms with Crippen molar-refractivity contribution >= 4 is 29.5 Å². The first kappa shape index (κ1) is 39.2. The van der Waals surface area contributed by atoms with Gasteiger partial charge in [0, 0.05) is 36.8 Å². The Morgan fingerprint density at radius 2 is 1.50 bits per heavy atom. The van der Waals surface area contributed by atoms with Gasteiger partial charge in [-0.15, -0.1) is 0 Å². The van der Waals surface area contributed by atoms with E-state index in [0.717, 1.165) is 51.5 Å². The van der Waals surface area contributed by atoms with Gasteiger partial charge in [-0.3, -0.25) is 19.3 Å². The second-order valence-corrected chi connectivity index (χ2v) is 15.6. The highest BCUT2D eigenvalue weighted by atomic mass is 16.7. The largest absolute Gasteiger partial charge is 0.445 e. The highest BCUT2D eigenvalue weighted by Gasteiger charge is 2.51. The average molecular weight is 788 g/mol. The quantitative estimate of drug-likeness (QED) is 0.178. The zero-order valence-corrected chi connectivity index (χ0v) is 32.5. The third-order valence-corrected chi connectivity index (χ3v) is 12.0. The van der Waals surface area contributed by atoms with E-state index in [1.807, 2.05) is 97.1 Å². The van der Waals surface area contributed by atoms with Gasteiger partial charge >= 0.3 is 6.09 Å². The summed E-state index contributed by atoms with van der Waals surface area (Å²) in [5.41, 5.74) is 4.58. The second kappa shape index (κ2) is 17.1. The Hall–Kier alpha value is -5.60. The van der Waals surface area contributed by atoms with E-state index < -0.39 is 29.9 Å². The van der Waals surface area contributed by atoms with Crippen LogP contribution in [0.25, 0.3) is 0 Å². The number of likely N-dealkylation sites (tertiary alicyclic amines) is 2. The topological polar surface area (TPSA) is 150 Å². The van der Waals surface area contributed by atoms with Gasteiger partial charge < -0.3 is 39.8 Å². The number of piperidine rings is 1. The number of anilines is 1. The van der Waals surface area contributed by atoms with Crippen LogP contribution in [0, 0.1) is 5.92 Å². The van der Waals surface area contributed by atoms with Crippen LogP contribution in [0.2, 0.25) is 0 Å². The number of amides is 4. The number of alkyl carbamates (subject to hydrolysis) is 1. The molecule has 3 N–H and O–H groups in total. The normalized spacial score (nSPS) is 24.6. The van der Waals surface area contributed by atoms with Crippen LogP contribution >= 0.6 is 0 Å². The molecule has 0 bridgehead atoms. The van der Waals surface area contributed by atoms with Crippen LogP contribution in [0.5, 0.6) is 0 Å². The highest BCUT2D eigenvalue weighted by molar-refractivity contribution is 6.06. The van der Waals surface area contributed by atoms with Crippen molar-refractivity contribution in [3.05, 3.63) is 137 Å². The summed E-state index contributed by atoms with van der Waals surface area (Å²) in [6.07, 6.45) is -0.722. The van der Waals surface area contributed by atoms with Crippen molar-refractivity contribution in [3.63, 3.8) is 0 Å². The van der Waals surface area contributed by atoms with E-state index in [-0.39, 0.29) is 56.1 Å². The SMILES string of the molecule is C[C@@H]1[C@H](CN2CCC3(CC2)C(=O)NCN3c2ccccc2)O[C@H](c2ccc(CN3C(=O)CC(NC(=O)OCc4ccccc4)C3=O)cc2)O[C@@H]1c1ccc(CO)cc1. The number of benzene rings is 4. The summed E-state index contributed by atoms with van der Waals surface area (Å²) in [5.74, 6) is -0.804. The van der Waals surface area contributed by atoms with E-state index >= 15 is 0 Å². The van der Waals surface area contributed by atoms with E-state index in [0.29, 0.717) is 26.1 Å². The van der Waals surface area contributed by atoms with Crippen molar-refractivity contribution in [2.75, 3.05) is 31.2 Å². The molecule has 4 aromatic carbocycles. The molecule has 13 heteroatoms. The number of ether oxygens (including phenoxy) is 3. The number of nitrogens with one attached hydrogen (secondary N) is 2. The lowest BCUT2D eigenvalue weighted by atomic mass is 9.84. The molecule has 0 aliphatic carbocycles. The summed E-state index contributed by atoms with van der Waals surface area (Å²) in [6.45, 7) is 4.81. The van der Waals surface area contributed by atoms with E-state index in [9.17, 15) is 24.3 Å². The van der Waals surface area contributed by atoms with Crippen LogP contribution < -0.4 is 15.5 Å². The minimum absolute atomic E-state index is 0.0219. The van der Waals surface area contributed by atoms with Gasteiger partial charge in [0.25, 0.3) is 5.91 Å². The van der Waals surface area contributed by atoms with E-state index in [1.54, 1.807) is 0 Å². The van der Waals surface area contributed by atoms with Crippen LogP contribution in [0.1, 0.15) is 66.4 Å². The Bertz CT molecular complexity index is 2080. The molecule has 0 aromatic heterocycles. The number of hydrogen-bond acceptors (Lipinski definition) is 10. The maximum absolute atomic E-state index is 13.3. The Labute approximate surface area is 337 Å². The van der Waals surface area contributed by atoms with Gasteiger partial charge in [-0.05, 0) is 47.2 Å². The minimum atomic E-state index is -0.995.